The second-order valence-corrected chi connectivity index (χ2v) is 5.17. The summed E-state index contributed by atoms with van der Waals surface area (Å²) < 4.78 is 0. The summed E-state index contributed by atoms with van der Waals surface area (Å²) in [5.74, 6) is -1.28. The third-order valence-corrected chi connectivity index (χ3v) is 3.57. The number of hydrogen-bond acceptors (Lipinski definition) is 4. The molecule has 1 heterocycles. The zero-order chi connectivity index (χ0) is 15.0. The van der Waals surface area contributed by atoms with Gasteiger partial charge in [-0.2, -0.15) is 0 Å². The maximum Gasteiger partial charge on any atom is 0.317 e. The van der Waals surface area contributed by atoms with Gasteiger partial charge in [0.15, 0.2) is 0 Å². The molecular formula is C13H25N3O4. The molecule has 7 nitrogen and oxygen atoms in total. The van der Waals surface area contributed by atoms with Gasteiger partial charge in [0, 0.05) is 32.7 Å². The Labute approximate surface area is 119 Å². The molecule has 7 heteroatoms. The van der Waals surface area contributed by atoms with E-state index in [9.17, 15) is 9.59 Å². The highest BCUT2D eigenvalue weighted by atomic mass is 16.4. The van der Waals surface area contributed by atoms with E-state index in [0.717, 1.165) is 19.5 Å². The van der Waals surface area contributed by atoms with Gasteiger partial charge in [-0.1, -0.05) is 6.92 Å². The lowest BCUT2D eigenvalue weighted by atomic mass is 10.1. The largest absolute Gasteiger partial charge is 0.481 e. The summed E-state index contributed by atoms with van der Waals surface area (Å²) in [5, 5.41) is 20.4. The lowest BCUT2D eigenvalue weighted by molar-refractivity contribution is -0.141. The highest BCUT2D eigenvalue weighted by Gasteiger charge is 2.19. The standard InChI is InChI=1S/C13H25N3O4/c1-11(12(18)19)3-4-14-13(20)16-6-2-5-15(7-8-16)9-10-17/h11,17H,2-10H2,1H3,(H,14,20)(H,18,19). The van der Waals surface area contributed by atoms with Gasteiger partial charge in [-0.15, -0.1) is 0 Å². The van der Waals surface area contributed by atoms with Gasteiger partial charge in [0.2, 0.25) is 0 Å². The number of aliphatic hydroxyl groups is 1. The van der Waals surface area contributed by atoms with Crippen molar-refractivity contribution in [3.05, 3.63) is 0 Å². The van der Waals surface area contributed by atoms with E-state index in [-0.39, 0.29) is 12.6 Å². The summed E-state index contributed by atoms with van der Waals surface area (Å²) in [7, 11) is 0. The number of carboxylic acids is 1. The van der Waals surface area contributed by atoms with Crippen LogP contribution in [0.5, 0.6) is 0 Å². The first-order valence-electron chi connectivity index (χ1n) is 7.13. The predicted octanol–water partition coefficient (Wildman–Crippen LogP) is -0.193. The number of amides is 2. The van der Waals surface area contributed by atoms with Crippen LogP contribution in [0.25, 0.3) is 0 Å². The number of β-amino-alcohol motifs (C(OH)–C–C–N with tert-alkyl or cyclic N) is 1. The molecule has 0 aliphatic carbocycles. The van der Waals surface area contributed by atoms with Gasteiger partial charge in [-0.05, 0) is 19.4 Å². The number of carbonyl (C=O) groups is 2. The molecule has 116 valence electrons. The summed E-state index contributed by atoms with van der Waals surface area (Å²) in [4.78, 5) is 26.5. The van der Waals surface area contributed by atoms with E-state index in [2.05, 4.69) is 10.2 Å². The Morgan fingerprint density at radius 2 is 2.00 bits per heavy atom. The van der Waals surface area contributed by atoms with Crippen LogP contribution in [0.3, 0.4) is 0 Å². The number of carbonyl (C=O) groups excluding carboxylic acids is 1. The Bertz CT molecular complexity index is 325. The number of aliphatic hydroxyl groups excluding tert-OH is 1. The Balaban J connectivity index is 2.27. The molecule has 0 aromatic heterocycles. The summed E-state index contributed by atoms with van der Waals surface area (Å²) >= 11 is 0. The zero-order valence-electron chi connectivity index (χ0n) is 12.0. The first-order chi connectivity index (χ1) is 9.54. The maximum atomic E-state index is 12.0. The number of carboxylic acid groups (broad SMARTS) is 1. The molecule has 1 saturated heterocycles. The molecule has 2 amide bonds. The maximum absolute atomic E-state index is 12.0. The van der Waals surface area contributed by atoms with Crippen molar-refractivity contribution in [3.63, 3.8) is 0 Å². The Morgan fingerprint density at radius 3 is 2.65 bits per heavy atom. The van der Waals surface area contributed by atoms with Crippen molar-refractivity contribution in [2.24, 2.45) is 5.92 Å². The predicted molar refractivity (Wildman–Crippen MR) is 74.5 cm³/mol. The Morgan fingerprint density at radius 1 is 1.25 bits per heavy atom. The van der Waals surface area contributed by atoms with Gasteiger partial charge in [0.1, 0.15) is 0 Å². The Kier molecular flexibility index (Phi) is 7.32. The number of aliphatic carboxylic acids is 1. The minimum absolute atomic E-state index is 0.131. The number of hydrogen-bond donors (Lipinski definition) is 3. The van der Waals surface area contributed by atoms with Crippen molar-refractivity contribution < 1.29 is 19.8 Å². The molecule has 0 spiro atoms. The summed E-state index contributed by atoms with van der Waals surface area (Å²) in [6.45, 7) is 5.78. The molecule has 1 fully saturated rings. The monoisotopic (exact) mass is 287 g/mol. The van der Waals surface area contributed by atoms with Crippen LogP contribution in [0.1, 0.15) is 19.8 Å². The van der Waals surface area contributed by atoms with Gasteiger partial charge in [0.05, 0.1) is 12.5 Å². The fraction of sp³-hybridized carbons (Fsp3) is 0.846. The van der Waals surface area contributed by atoms with Crippen molar-refractivity contribution in [1.82, 2.24) is 15.1 Å². The summed E-state index contributed by atoms with van der Waals surface area (Å²) in [6, 6.07) is -0.131. The molecule has 0 bridgehead atoms. The van der Waals surface area contributed by atoms with E-state index < -0.39 is 11.9 Å². The van der Waals surface area contributed by atoms with Gasteiger partial charge in [-0.3, -0.25) is 9.69 Å². The smallest absolute Gasteiger partial charge is 0.317 e. The Hall–Kier alpha value is -1.34. The van der Waals surface area contributed by atoms with E-state index in [1.54, 1.807) is 11.8 Å². The van der Waals surface area contributed by atoms with E-state index in [1.807, 2.05) is 0 Å². The minimum atomic E-state index is -0.839. The molecule has 20 heavy (non-hydrogen) atoms. The van der Waals surface area contributed by atoms with Crippen LogP contribution in [0, 0.1) is 5.92 Å². The van der Waals surface area contributed by atoms with Crippen molar-refractivity contribution in [2.45, 2.75) is 19.8 Å². The fourth-order valence-corrected chi connectivity index (χ4v) is 2.17. The lowest BCUT2D eigenvalue weighted by Gasteiger charge is -2.22. The third-order valence-electron chi connectivity index (χ3n) is 3.57. The summed E-state index contributed by atoms with van der Waals surface area (Å²) in [6.07, 6.45) is 1.32. The normalized spacial score (nSPS) is 18.4. The zero-order valence-corrected chi connectivity index (χ0v) is 12.0. The number of nitrogens with zero attached hydrogens (tertiary/aromatic N) is 2. The second kappa shape index (κ2) is 8.76. The molecule has 0 saturated carbocycles. The molecule has 3 N–H and O–H groups in total. The SMILES string of the molecule is CC(CCNC(=O)N1CCCN(CCO)CC1)C(=O)O. The van der Waals surface area contributed by atoms with Gasteiger partial charge in [-0.25, -0.2) is 4.79 Å². The number of nitrogens with one attached hydrogen (secondary N) is 1. The van der Waals surface area contributed by atoms with E-state index in [0.29, 0.717) is 32.6 Å². The lowest BCUT2D eigenvalue weighted by Crippen LogP contribution is -2.42. The first kappa shape index (κ1) is 16.7. The van der Waals surface area contributed by atoms with Crippen LogP contribution in [-0.2, 0) is 4.79 Å². The van der Waals surface area contributed by atoms with Crippen LogP contribution in [-0.4, -0.2) is 77.9 Å². The van der Waals surface area contributed by atoms with Crippen LogP contribution >= 0.6 is 0 Å². The van der Waals surface area contributed by atoms with Crippen molar-refractivity contribution in [3.8, 4) is 0 Å². The average Bonchev–Trinajstić information content (AvgIpc) is 2.64. The van der Waals surface area contributed by atoms with E-state index >= 15 is 0 Å². The van der Waals surface area contributed by atoms with Crippen molar-refractivity contribution in [2.75, 3.05) is 45.9 Å². The van der Waals surface area contributed by atoms with Crippen LogP contribution < -0.4 is 5.32 Å². The second-order valence-electron chi connectivity index (χ2n) is 5.17. The fourth-order valence-electron chi connectivity index (χ4n) is 2.17. The molecule has 0 aromatic carbocycles. The first-order valence-corrected chi connectivity index (χ1v) is 7.13. The van der Waals surface area contributed by atoms with Gasteiger partial charge in [0.25, 0.3) is 0 Å². The molecule has 1 unspecified atom stereocenters. The minimum Gasteiger partial charge on any atom is -0.481 e. The molecule has 0 radical (unpaired) electrons. The molecular weight excluding hydrogens is 262 g/mol. The van der Waals surface area contributed by atoms with Crippen LogP contribution in [0.15, 0.2) is 0 Å². The van der Waals surface area contributed by atoms with Crippen molar-refractivity contribution in [1.29, 1.82) is 0 Å². The average molecular weight is 287 g/mol. The number of urea groups is 1. The molecule has 1 rings (SSSR count). The molecule has 1 aliphatic heterocycles. The molecule has 1 atom stereocenters. The number of rotatable bonds is 6. The summed E-state index contributed by atoms with van der Waals surface area (Å²) in [5.41, 5.74) is 0. The van der Waals surface area contributed by atoms with Gasteiger partial charge < -0.3 is 20.4 Å². The highest BCUT2D eigenvalue weighted by Crippen LogP contribution is 2.04. The van der Waals surface area contributed by atoms with Crippen LogP contribution in [0.4, 0.5) is 4.79 Å². The third kappa shape index (κ3) is 5.75. The highest BCUT2D eigenvalue weighted by molar-refractivity contribution is 5.74. The topological polar surface area (TPSA) is 93.1 Å². The van der Waals surface area contributed by atoms with Gasteiger partial charge >= 0.3 is 12.0 Å². The molecule has 1 aliphatic rings. The van der Waals surface area contributed by atoms with E-state index in [1.165, 1.54) is 0 Å². The van der Waals surface area contributed by atoms with Crippen molar-refractivity contribution >= 4 is 12.0 Å². The molecule has 0 aromatic rings. The quantitative estimate of drug-likeness (QED) is 0.629. The van der Waals surface area contributed by atoms with Crippen LogP contribution in [0.2, 0.25) is 0 Å². The van der Waals surface area contributed by atoms with E-state index in [4.69, 9.17) is 10.2 Å².